The second kappa shape index (κ2) is 10.7. The van der Waals surface area contributed by atoms with Crippen LogP contribution in [0.2, 0.25) is 0 Å². The zero-order chi connectivity index (χ0) is 25.1. The molecule has 0 aliphatic carbocycles. The van der Waals surface area contributed by atoms with E-state index in [2.05, 4.69) is 57.5 Å². The van der Waals surface area contributed by atoms with Gasteiger partial charge < -0.3 is 15.1 Å². The number of hydrogen-bond acceptors (Lipinski definition) is 7. The summed E-state index contributed by atoms with van der Waals surface area (Å²) in [7, 11) is 1.19. The van der Waals surface area contributed by atoms with Crippen LogP contribution in [0.25, 0.3) is 16.8 Å². The molecule has 1 aliphatic heterocycles. The van der Waals surface area contributed by atoms with E-state index in [0.717, 1.165) is 54.2 Å². The Bertz CT molecular complexity index is 1400. The molecule has 36 heavy (non-hydrogen) atoms. The highest BCUT2D eigenvalue weighted by atomic mass is 32.2. The third-order valence-electron chi connectivity index (χ3n) is 6.62. The molecule has 1 saturated heterocycles. The molecule has 0 amide bonds. The molecule has 0 atom stereocenters. The highest BCUT2D eigenvalue weighted by molar-refractivity contribution is 7.69. The maximum absolute atomic E-state index is 11.1. The molecule has 4 aromatic rings. The molecule has 0 saturated carbocycles. The fourth-order valence-electron chi connectivity index (χ4n) is 4.39. The predicted octanol–water partition coefficient (Wildman–Crippen LogP) is 2.89. The Morgan fingerprint density at radius 2 is 1.78 bits per heavy atom. The normalized spacial score (nSPS) is 14.7. The van der Waals surface area contributed by atoms with Gasteiger partial charge in [-0.1, -0.05) is 18.2 Å². The average Bonchev–Trinajstić information content (AvgIpc) is 3.32. The van der Waals surface area contributed by atoms with Gasteiger partial charge in [-0.3, -0.25) is 0 Å². The van der Waals surface area contributed by atoms with E-state index in [-0.39, 0.29) is 0 Å². The van der Waals surface area contributed by atoms with E-state index in [0.29, 0.717) is 18.9 Å². The van der Waals surface area contributed by atoms with Crippen LogP contribution >= 0.6 is 0 Å². The van der Waals surface area contributed by atoms with Crippen LogP contribution in [0.1, 0.15) is 5.56 Å². The first kappa shape index (κ1) is 24.2. The second-order valence-corrected chi connectivity index (χ2v) is 10.3. The third kappa shape index (κ3) is 5.51. The van der Waals surface area contributed by atoms with Crippen molar-refractivity contribution in [2.75, 3.05) is 57.0 Å². The molecule has 3 heterocycles. The van der Waals surface area contributed by atoms with Crippen LogP contribution in [0.3, 0.4) is 0 Å². The summed E-state index contributed by atoms with van der Waals surface area (Å²) in [5.41, 5.74) is 6.09. The first-order valence-corrected chi connectivity index (χ1v) is 13.2. The zero-order valence-corrected chi connectivity index (χ0v) is 21.4. The molecular weight excluding hydrogens is 474 g/mol. The molecule has 0 bridgehead atoms. The van der Waals surface area contributed by atoms with Gasteiger partial charge in [0.05, 0.1) is 17.4 Å². The number of fused-ring (bicyclic) bond motifs is 1. The van der Waals surface area contributed by atoms with E-state index in [1.165, 1.54) is 9.99 Å². The van der Waals surface area contributed by atoms with Crippen LogP contribution in [0.4, 0.5) is 17.3 Å². The SMILES string of the molecule is CN1CCN(c2ccc(Nc3ncc4ccc(-c5cccc(CCN(C)[SH](=O)=O)c5)n4n3)cc2)CC1. The molecule has 0 spiro atoms. The Morgan fingerprint density at radius 1 is 1.00 bits per heavy atom. The molecule has 2 aromatic carbocycles. The molecule has 1 fully saturated rings. The number of nitrogens with one attached hydrogen (secondary N) is 1. The van der Waals surface area contributed by atoms with Crippen LogP contribution in [0.15, 0.2) is 66.9 Å². The Balaban J connectivity index is 1.32. The van der Waals surface area contributed by atoms with Crippen molar-refractivity contribution in [1.82, 2.24) is 23.8 Å². The van der Waals surface area contributed by atoms with Gasteiger partial charge in [-0.25, -0.2) is 22.2 Å². The lowest BCUT2D eigenvalue weighted by Crippen LogP contribution is -2.44. The van der Waals surface area contributed by atoms with Crippen molar-refractivity contribution in [3.63, 3.8) is 0 Å². The van der Waals surface area contributed by atoms with Gasteiger partial charge in [0.15, 0.2) is 0 Å². The van der Waals surface area contributed by atoms with Crippen LogP contribution in [0, 0.1) is 0 Å². The molecule has 9 nitrogen and oxygen atoms in total. The van der Waals surface area contributed by atoms with Crippen LogP contribution in [-0.4, -0.2) is 79.0 Å². The zero-order valence-electron chi connectivity index (χ0n) is 20.5. The highest BCUT2D eigenvalue weighted by Crippen LogP contribution is 2.25. The minimum atomic E-state index is -2.56. The predicted molar refractivity (Wildman–Crippen MR) is 145 cm³/mol. The molecule has 1 aliphatic rings. The van der Waals surface area contributed by atoms with E-state index in [4.69, 9.17) is 5.10 Å². The molecule has 188 valence electrons. The quantitative estimate of drug-likeness (QED) is 0.356. The van der Waals surface area contributed by atoms with Gasteiger partial charge in [0.25, 0.3) is 0 Å². The Hall–Kier alpha value is -3.47. The van der Waals surface area contributed by atoms with Gasteiger partial charge >= 0.3 is 0 Å². The van der Waals surface area contributed by atoms with E-state index in [1.807, 2.05) is 34.8 Å². The van der Waals surface area contributed by atoms with Crippen molar-refractivity contribution in [1.29, 1.82) is 0 Å². The molecule has 5 rings (SSSR count). The van der Waals surface area contributed by atoms with Gasteiger partial charge in [-0.2, -0.15) is 0 Å². The van der Waals surface area contributed by atoms with Gasteiger partial charge in [0.1, 0.15) is 0 Å². The maximum atomic E-state index is 11.1. The molecule has 2 aromatic heterocycles. The molecule has 10 heteroatoms. The summed E-state index contributed by atoms with van der Waals surface area (Å²) in [6.07, 6.45) is 2.45. The maximum Gasteiger partial charge on any atom is 0.245 e. The summed E-state index contributed by atoms with van der Waals surface area (Å²) in [6, 6.07) is 20.5. The summed E-state index contributed by atoms with van der Waals surface area (Å²) < 4.78 is 25.5. The topological polar surface area (TPSA) is 86.1 Å². The Morgan fingerprint density at radius 3 is 2.53 bits per heavy atom. The second-order valence-electron chi connectivity index (χ2n) is 9.17. The summed E-state index contributed by atoms with van der Waals surface area (Å²) >= 11 is 0. The van der Waals surface area contributed by atoms with Crippen molar-refractivity contribution in [3.05, 3.63) is 72.4 Å². The smallest absolute Gasteiger partial charge is 0.245 e. The van der Waals surface area contributed by atoms with Crippen LogP contribution < -0.4 is 10.2 Å². The molecule has 1 N–H and O–H groups in total. The van der Waals surface area contributed by atoms with Crippen molar-refractivity contribution in [2.45, 2.75) is 6.42 Å². The molecule has 0 unspecified atom stereocenters. The van der Waals surface area contributed by atoms with Gasteiger partial charge in [0.2, 0.25) is 16.8 Å². The van der Waals surface area contributed by atoms with Gasteiger partial charge in [-0.05, 0) is 61.5 Å². The van der Waals surface area contributed by atoms with E-state index >= 15 is 0 Å². The average molecular weight is 506 g/mol. The van der Waals surface area contributed by atoms with E-state index in [9.17, 15) is 8.42 Å². The fourth-order valence-corrected chi connectivity index (χ4v) is 4.65. The summed E-state index contributed by atoms with van der Waals surface area (Å²) in [6.45, 7) is 4.68. The van der Waals surface area contributed by atoms with Crippen LogP contribution in [-0.2, 0) is 17.3 Å². The number of anilines is 3. The van der Waals surface area contributed by atoms with Crippen LogP contribution in [0.5, 0.6) is 0 Å². The first-order valence-electron chi connectivity index (χ1n) is 12.1. The lowest BCUT2D eigenvalue weighted by molar-refractivity contribution is 0.313. The summed E-state index contributed by atoms with van der Waals surface area (Å²) in [5, 5.41) is 8.07. The number of thiol groups is 1. The molecule has 0 radical (unpaired) electrons. The number of aromatic nitrogens is 3. The molecular formula is C26H31N7O2S. The van der Waals surface area contributed by atoms with Crippen molar-refractivity contribution >= 4 is 33.7 Å². The monoisotopic (exact) mass is 505 g/mol. The lowest BCUT2D eigenvalue weighted by Gasteiger charge is -2.34. The standard InChI is InChI=1S/C26H31N7O2S/c1-30-14-16-32(17-15-30)23-8-6-22(7-9-23)28-26-27-19-24-10-11-25(33(24)29-26)21-5-3-4-20(18-21)12-13-31(2)36(34)35/h3-11,18-19,36H,12-17H2,1-2H3,(H,28,29). The minimum Gasteiger partial charge on any atom is -0.369 e. The van der Waals surface area contributed by atoms with Crippen molar-refractivity contribution in [3.8, 4) is 11.3 Å². The van der Waals surface area contributed by atoms with Gasteiger partial charge in [0, 0.05) is 56.7 Å². The summed E-state index contributed by atoms with van der Waals surface area (Å²) in [4.78, 5) is 9.25. The van der Waals surface area contributed by atoms with E-state index < -0.39 is 10.9 Å². The summed E-state index contributed by atoms with van der Waals surface area (Å²) in [5.74, 6) is 0.518. The number of benzene rings is 2. The number of rotatable bonds is 8. The number of likely N-dealkylation sites (N-methyl/N-ethyl adjacent to an activating group) is 2. The number of hydrogen-bond donors (Lipinski definition) is 2. The Kier molecular flexibility index (Phi) is 7.17. The minimum absolute atomic E-state index is 0.445. The van der Waals surface area contributed by atoms with Crippen molar-refractivity contribution in [2.24, 2.45) is 0 Å². The van der Waals surface area contributed by atoms with E-state index in [1.54, 1.807) is 13.2 Å². The Labute approximate surface area is 213 Å². The largest absolute Gasteiger partial charge is 0.369 e. The fraction of sp³-hybridized carbons (Fsp3) is 0.308. The highest BCUT2D eigenvalue weighted by Gasteiger charge is 2.14. The third-order valence-corrected chi connectivity index (χ3v) is 7.37. The number of piperazine rings is 1. The lowest BCUT2D eigenvalue weighted by atomic mass is 10.1. The van der Waals surface area contributed by atoms with Gasteiger partial charge in [-0.15, -0.1) is 5.10 Å². The number of nitrogens with zero attached hydrogens (tertiary/aromatic N) is 6. The van der Waals surface area contributed by atoms with Crippen molar-refractivity contribution < 1.29 is 8.42 Å². The first-order chi connectivity index (χ1) is 17.5.